The van der Waals surface area contributed by atoms with E-state index in [0.29, 0.717) is 0 Å². The Bertz CT molecular complexity index is 1310. The molecule has 10 nitrogen and oxygen atoms in total. The molecule has 1 aliphatic rings. The van der Waals surface area contributed by atoms with E-state index in [0.717, 1.165) is 26.3 Å². The zero-order valence-corrected chi connectivity index (χ0v) is 17.1. The molecule has 10 heteroatoms. The van der Waals surface area contributed by atoms with E-state index in [-0.39, 0.29) is 17.7 Å². The second-order valence-corrected chi connectivity index (χ2v) is 7.30. The lowest BCUT2D eigenvalue weighted by molar-refractivity contribution is -0.159. The second kappa shape index (κ2) is 8.37. The van der Waals surface area contributed by atoms with Crippen molar-refractivity contribution in [2.24, 2.45) is 5.11 Å². The fourth-order valence-electron chi connectivity index (χ4n) is 3.88. The molecule has 1 aromatic heterocycles. The SMILES string of the molecule is CC(=O)N1CC(=O)N(C(=O)c2ccccc2N=[N+]=[N-])[C@@H](Cc2c[nH]c3ccccc23)C1=O. The quantitative estimate of drug-likeness (QED) is 0.294. The van der Waals surface area contributed by atoms with Crippen LogP contribution in [-0.2, 0) is 20.8 Å². The summed E-state index contributed by atoms with van der Waals surface area (Å²) in [6.07, 6.45) is 1.74. The van der Waals surface area contributed by atoms with Gasteiger partial charge in [0.25, 0.3) is 11.8 Å². The highest BCUT2D eigenvalue weighted by Gasteiger charge is 2.44. The molecule has 2 aromatic carbocycles. The third kappa shape index (κ3) is 3.59. The van der Waals surface area contributed by atoms with Gasteiger partial charge in [0.1, 0.15) is 12.6 Å². The highest BCUT2D eigenvalue weighted by Crippen LogP contribution is 2.27. The first kappa shape index (κ1) is 20.8. The lowest BCUT2D eigenvalue weighted by atomic mass is 9.99. The number of fused-ring (bicyclic) bond motifs is 1. The van der Waals surface area contributed by atoms with Crippen molar-refractivity contribution in [3.63, 3.8) is 0 Å². The minimum Gasteiger partial charge on any atom is -0.361 e. The Labute approximate surface area is 182 Å². The van der Waals surface area contributed by atoms with E-state index >= 15 is 0 Å². The maximum absolute atomic E-state index is 13.4. The van der Waals surface area contributed by atoms with Gasteiger partial charge < -0.3 is 4.98 Å². The molecule has 1 saturated heterocycles. The molecule has 0 spiro atoms. The lowest BCUT2D eigenvalue weighted by Gasteiger charge is -2.38. The van der Waals surface area contributed by atoms with Gasteiger partial charge >= 0.3 is 0 Å². The summed E-state index contributed by atoms with van der Waals surface area (Å²) < 4.78 is 0. The number of benzene rings is 2. The van der Waals surface area contributed by atoms with Crippen LogP contribution in [0.4, 0.5) is 5.69 Å². The van der Waals surface area contributed by atoms with Crippen molar-refractivity contribution in [1.82, 2.24) is 14.8 Å². The summed E-state index contributed by atoms with van der Waals surface area (Å²) in [5.41, 5.74) is 10.4. The van der Waals surface area contributed by atoms with Gasteiger partial charge in [-0.2, -0.15) is 0 Å². The van der Waals surface area contributed by atoms with Crippen LogP contribution in [-0.4, -0.2) is 51.0 Å². The van der Waals surface area contributed by atoms with Crippen molar-refractivity contribution < 1.29 is 19.2 Å². The number of imide groups is 2. The monoisotopic (exact) mass is 430 g/mol. The summed E-state index contributed by atoms with van der Waals surface area (Å²) >= 11 is 0. The first-order valence-electron chi connectivity index (χ1n) is 9.80. The fourth-order valence-corrected chi connectivity index (χ4v) is 3.88. The molecule has 160 valence electrons. The number of piperazine rings is 1. The summed E-state index contributed by atoms with van der Waals surface area (Å²) in [4.78, 5) is 59.1. The minimum atomic E-state index is -1.23. The standard InChI is InChI=1S/C22H18N6O4/c1-13(29)27-12-20(30)28(21(31)16-7-3-5-9-18(16)25-26-23)19(22(27)32)10-14-11-24-17-8-4-2-6-15(14)17/h2-9,11,19,24H,10,12H2,1H3/t19-/m0/s1. The Morgan fingerprint density at radius 1 is 1.16 bits per heavy atom. The van der Waals surface area contributed by atoms with Crippen molar-refractivity contribution in [2.75, 3.05) is 6.54 Å². The number of carbonyl (C=O) groups excluding carboxylic acids is 4. The first-order valence-corrected chi connectivity index (χ1v) is 9.80. The predicted molar refractivity (Wildman–Crippen MR) is 115 cm³/mol. The van der Waals surface area contributed by atoms with Crippen LogP contribution in [0.2, 0.25) is 0 Å². The maximum atomic E-state index is 13.4. The molecule has 4 amide bonds. The van der Waals surface area contributed by atoms with Crippen LogP contribution in [0.15, 0.2) is 59.8 Å². The average Bonchev–Trinajstić information content (AvgIpc) is 3.19. The van der Waals surface area contributed by atoms with Crippen LogP contribution >= 0.6 is 0 Å². The third-order valence-electron chi connectivity index (χ3n) is 5.40. The molecule has 3 aromatic rings. The minimum absolute atomic E-state index is 0.00773. The smallest absolute Gasteiger partial charge is 0.261 e. The number of nitrogens with one attached hydrogen (secondary N) is 1. The zero-order valence-electron chi connectivity index (χ0n) is 17.1. The number of hydrogen-bond donors (Lipinski definition) is 1. The number of aromatic amines is 1. The molecule has 0 aliphatic carbocycles. The van der Waals surface area contributed by atoms with Crippen LogP contribution in [0, 0.1) is 0 Å². The van der Waals surface area contributed by atoms with E-state index in [9.17, 15) is 19.2 Å². The van der Waals surface area contributed by atoms with E-state index in [1.165, 1.54) is 19.1 Å². The number of amides is 4. The zero-order chi connectivity index (χ0) is 22.8. The molecular formula is C22H18N6O4. The fraction of sp³-hybridized carbons (Fsp3) is 0.182. The van der Waals surface area contributed by atoms with Crippen molar-refractivity contribution in [2.45, 2.75) is 19.4 Å². The van der Waals surface area contributed by atoms with Gasteiger partial charge in [0.15, 0.2) is 0 Å². The number of rotatable bonds is 4. The topological polar surface area (TPSA) is 139 Å². The number of hydrogen-bond acceptors (Lipinski definition) is 5. The molecule has 0 unspecified atom stereocenters. The number of para-hydroxylation sites is 1. The Kier molecular flexibility index (Phi) is 5.44. The number of nitrogens with zero attached hydrogens (tertiary/aromatic N) is 5. The summed E-state index contributed by atoms with van der Waals surface area (Å²) in [6, 6.07) is 12.2. The summed E-state index contributed by atoms with van der Waals surface area (Å²) in [5, 5.41) is 4.36. The molecule has 1 aliphatic heterocycles. The van der Waals surface area contributed by atoms with Crippen molar-refractivity contribution in [3.8, 4) is 0 Å². The van der Waals surface area contributed by atoms with E-state index < -0.39 is 36.2 Å². The average molecular weight is 430 g/mol. The summed E-state index contributed by atoms with van der Waals surface area (Å²) in [6.45, 7) is 0.663. The van der Waals surface area contributed by atoms with Crippen molar-refractivity contribution in [3.05, 3.63) is 76.3 Å². The van der Waals surface area contributed by atoms with Gasteiger partial charge in [0.05, 0.1) is 5.69 Å². The van der Waals surface area contributed by atoms with E-state index in [1.54, 1.807) is 18.3 Å². The van der Waals surface area contributed by atoms with Crippen molar-refractivity contribution in [1.29, 1.82) is 0 Å². The molecule has 2 heterocycles. The Morgan fingerprint density at radius 3 is 2.62 bits per heavy atom. The highest BCUT2D eigenvalue weighted by molar-refractivity contribution is 6.15. The number of carbonyl (C=O) groups is 4. The molecule has 1 atom stereocenters. The van der Waals surface area contributed by atoms with Gasteiger partial charge in [0.2, 0.25) is 11.8 Å². The number of aromatic nitrogens is 1. The molecule has 4 rings (SSSR count). The van der Waals surface area contributed by atoms with E-state index in [2.05, 4.69) is 15.0 Å². The normalized spacial score (nSPS) is 16.2. The predicted octanol–water partition coefficient (Wildman–Crippen LogP) is 3.08. The lowest BCUT2D eigenvalue weighted by Crippen LogP contribution is -2.63. The largest absolute Gasteiger partial charge is 0.361 e. The molecule has 0 bridgehead atoms. The molecule has 1 N–H and O–H groups in total. The van der Waals surface area contributed by atoms with Crippen LogP contribution in [0.5, 0.6) is 0 Å². The van der Waals surface area contributed by atoms with Gasteiger partial charge in [-0.05, 0) is 23.2 Å². The Hall–Kier alpha value is -4.43. The van der Waals surface area contributed by atoms with Gasteiger partial charge in [-0.25, -0.2) is 0 Å². The Morgan fingerprint density at radius 2 is 1.88 bits per heavy atom. The number of H-pyrrole nitrogens is 1. The van der Waals surface area contributed by atoms with E-state index in [1.807, 2.05) is 24.3 Å². The number of azide groups is 1. The molecular weight excluding hydrogens is 412 g/mol. The van der Waals surface area contributed by atoms with Crippen LogP contribution in [0.1, 0.15) is 22.8 Å². The van der Waals surface area contributed by atoms with E-state index in [4.69, 9.17) is 5.53 Å². The second-order valence-electron chi connectivity index (χ2n) is 7.30. The van der Waals surface area contributed by atoms with Gasteiger partial charge in [-0.15, -0.1) is 0 Å². The summed E-state index contributed by atoms with van der Waals surface area (Å²) in [7, 11) is 0. The summed E-state index contributed by atoms with van der Waals surface area (Å²) in [5.74, 6) is -2.67. The highest BCUT2D eigenvalue weighted by atomic mass is 16.2. The van der Waals surface area contributed by atoms with Gasteiger partial charge in [-0.1, -0.05) is 41.5 Å². The maximum Gasteiger partial charge on any atom is 0.261 e. The van der Waals surface area contributed by atoms with Gasteiger partial charge in [0, 0.05) is 40.9 Å². The molecule has 32 heavy (non-hydrogen) atoms. The first-order chi connectivity index (χ1) is 15.4. The van der Waals surface area contributed by atoms with Crippen molar-refractivity contribution >= 4 is 40.2 Å². The molecule has 0 saturated carbocycles. The molecule has 0 radical (unpaired) electrons. The van der Waals surface area contributed by atoms with Crippen LogP contribution < -0.4 is 0 Å². The van der Waals surface area contributed by atoms with Crippen LogP contribution in [0.25, 0.3) is 21.3 Å². The van der Waals surface area contributed by atoms with Crippen LogP contribution in [0.3, 0.4) is 0 Å². The third-order valence-corrected chi connectivity index (χ3v) is 5.40. The van der Waals surface area contributed by atoms with Gasteiger partial charge in [-0.3, -0.25) is 29.0 Å². The Balaban J connectivity index is 1.79. The molecule has 1 fully saturated rings.